The van der Waals surface area contributed by atoms with Gasteiger partial charge in [0.1, 0.15) is 6.04 Å². The van der Waals surface area contributed by atoms with Gasteiger partial charge in [0.05, 0.1) is 11.2 Å². The number of hydrogen-bond donors (Lipinski definition) is 1. The van der Waals surface area contributed by atoms with Crippen molar-refractivity contribution in [2.24, 2.45) is 0 Å². The van der Waals surface area contributed by atoms with Gasteiger partial charge in [-0.05, 0) is 19.1 Å². The lowest BCUT2D eigenvalue weighted by Gasteiger charge is -2.12. The van der Waals surface area contributed by atoms with Crippen LogP contribution in [0.2, 0.25) is 5.02 Å². The van der Waals surface area contributed by atoms with Crippen molar-refractivity contribution in [1.82, 2.24) is 9.78 Å². The standard InChI is InChI=1S/C12H12ClN3O/c1-9(16-8-10(13)7-14-16)12(17)15-11-5-3-2-4-6-11/h2-9H,1H3,(H,15,17). The minimum Gasteiger partial charge on any atom is -0.324 e. The highest BCUT2D eigenvalue weighted by Gasteiger charge is 2.15. The second-order valence-corrected chi connectivity index (χ2v) is 4.11. The van der Waals surface area contributed by atoms with Crippen LogP contribution in [0.5, 0.6) is 0 Å². The molecule has 1 atom stereocenters. The number of nitrogens with zero attached hydrogens (tertiary/aromatic N) is 2. The Morgan fingerprint density at radius 2 is 2.12 bits per heavy atom. The molecule has 0 aliphatic heterocycles. The number of carbonyl (C=O) groups is 1. The zero-order valence-corrected chi connectivity index (χ0v) is 10.1. The van der Waals surface area contributed by atoms with Gasteiger partial charge >= 0.3 is 0 Å². The van der Waals surface area contributed by atoms with E-state index in [9.17, 15) is 4.79 Å². The SMILES string of the molecule is CC(C(=O)Nc1ccccc1)n1cc(Cl)cn1. The number of para-hydroxylation sites is 1. The van der Waals surface area contributed by atoms with Crippen molar-refractivity contribution < 1.29 is 4.79 Å². The summed E-state index contributed by atoms with van der Waals surface area (Å²) in [6.07, 6.45) is 3.13. The van der Waals surface area contributed by atoms with Gasteiger partial charge in [0, 0.05) is 11.9 Å². The number of amides is 1. The van der Waals surface area contributed by atoms with E-state index < -0.39 is 6.04 Å². The molecule has 2 aromatic rings. The van der Waals surface area contributed by atoms with Crippen molar-refractivity contribution in [2.75, 3.05) is 5.32 Å². The number of benzene rings is 1. The summed E-state index contributed by atoms with van der Waals surface area (Å²) in [6.45, 7) is 1.77. The third kappa shape index (κ3) is 2.85. The number of aromatic nitrogens is 2. The Kier molecular flexibility index (Phi) is 3.44. The molecule has 1 unspecified atom stereocenters. The highest BCUT2D eigenvalue weighted by molar-refractivity contribution is 6.30. The summed E-state index contributed by atoms with van der Waals surface area (Å²) in [4.78, 5) is 11.9. The van der Waals surface area contributed by atoms with Gasteiger partial charge in [-0.2, -0.15) is 5.10 Å². The lowest BCUT2D eigenvalue weighted by atomic mass is 10.3. The smallest absolute Gasteiger partial charge is 0.248 e. The predicted molar refractivity (Wildman–Crippen MR) is 67.0 cm³/mol. The Labute approximate surface area is 104 Å². The van der Waals surface area contributed by atoms with Crippen molar-refractivity contribution in [2.45, 2.75) is 13.0 Å². The van der Waals surface area contributed by atoms with Gasteiger partial charge < -0.3 is 5.32 Å². The van der Waals surface area contributed by atoms with Crippen LogP contribution in [0, 0.1) is 0 Å². The predicted octanol–water partition coefficient (Wildman–Crippen LogP) is 2.74. The highest BCUT2D eigenvalue weighted by Crippen LogP contribution is 2.13. The van der Waals surface area contributed by atoms with E-state index in [1.165, 1.54) is 10.9 Å². The fraction of sp³-hybridized carbons (Fsp3) is 0.167. The molecule has 1 N–H and O–H groups in total. The first kappa shape index (κ1) is 11.7. The first-order valence-electron chi connectivity index (χ1n) is 5.22. The molecule has 0 radical (unpaired) electrons. The van der Waals surface area contributed by atoms with Crippen molar-refractivity contribution >= 4 is 23.2 Å². The monoisotopic (exact) mass is 249 g/mol. The molecule has 1 aromatic carbocycles. The number of nitrogens with one attached hydrogen (secondary N) is 1. The number of halogens is 1. The molecule has 0 bridgehead atoms. The Morgan fingerprint density at radius 1 is 1.41 bits per heavy atom. The van der Waals surface area contributed by atoms with E-state index in [1.807, 2.05) is 30.3 Å². The first-order valence-corrected chi connectivity index (χ1v) is 5.60. The van der Waals surface area contributed by atoms with E-state index in [0.29, 0.717) is 5.02 Å². The van der Waals surface area contributed by atoms with Gasteiger partial charge in [-0.3, -0.25) is 9.48 Å². The Morgan fingerprint density at radius 3 is 2.71 bits per heavy atom. The van der Waals surface area contributed by atoms with Crippen molar-refractivity contribution in [3.8, 4) is 0 Å². The molecule has 1 heterocycles. The van der Waals surface area contributed by atoms with Crippen LogP contribution >= 0.6 is 11.6 Å². The summed E-state index contributed by atoms with van der Waals surface area (Å²) in [5.74, 6) is -0.129. The zero-order chi connectivity index (χ0) is 12.3. The van der Waals surface area contributed by atoms with E-state index >= 15 is 0 Å². The number of rotatable bonds is 3. The van der Waals surface area contributed by atoms with Crippen molar-refractivity contribution in [3.05, 3.63) is 47.7 Å². The molecule has 0 saturated heterocycles. The van der Waals surface area contributed by atoms with Gasteiger partial charge in [-0.1, -0.05) is 29.8 Å². The van der Waals surface area contributed by atoms with Crippen LogP contribution < -0.4 is 5.32 Å². The summed E-state index contributed by atoms with van der Waals surface area (Å²) in [5.41, 5.74) is 0.766. The molecule has 0 spiro atoms. The molecule has 88 valence electrons. The van der Waals surface area contributed by atoms with Gasteiger partial charge in [-0.15, -0.1) is 0 Å². The van der Waals surface area contributed by atoms with Gasteiger partial charge in [0.15, 0.2) is 0 Å². The Bertz CT molecular complexity index is 509. The van der Waals surface area contributed by atoms with E-state index in [0.717, 1.165) is 5.69 Å². The molecule has 0 fully saturated rings. The summed E-state index contributed by atoms with van der Waals surface area (Å²) < 4.78 is 1.53. The molecule has 0 saturated carbocycles. The average molecular weight is 250 g/mol. The maximum absolute atomic E-state index is 11.9. The fourth-order valence-corrected chi connectivity index (χ4v) is 1.56. The van der Waals surface area contributed by atoms with E-state index in [-0.39, 0.29) is 5.91 Å². The summed E-state index contributed by atoms with van der Waals surface area (Å²) in [6, 6.07) is 8.90. The molecule has 1 aromatic heterocycles. The lowest BCUT2D eigenvalue weighted by Crippen LogP contribution is -2.23. The second-order valence-electron chi connectivity index (χ2n) is 3.67. The Hall–Kier alpha value is -1.81. The molecule has 17 heavy (non-hydrogen) atoms. The van der Waals surface area contributed by atoms with Crippen LogP contribution in [0.25, 0.3) is 0 Å². The maximum atomic E-state index is 11.9. The topological polar surface area (TPSA) is 46.9 Å². The first-order chi connectivity index (χ1) is 8.16. The second kappa shape index (κ2) is 5.01. The van der Waals surface area contributed by atoms with Crippen LogP contribution in [0.1, 0.15) is 13.0 Å². The quantitative estimate of drug-likeness (QED) is 0.909. The molecule has 1 amide bonds. The largest absolute Gasteiger partial charge is 0.324 e. The number of carbonyl (C=O) groups excluding carboxylic acids is 1. The molecular weight excluding hydrogens is 238 g/mol. The average Bonchev–Trinajstić information content (AvgIpc) is 2.76. The molecule has 2 rings (SSSR count). The van der Waals surface area contributed by atoms with Crippen LogP contribution in [-0.4, -0.2) is 15.7 Å². The van der Waals surface area contributed by atoms with Gasteiger partial charge in [0.25, 0.3) is 0 Å². The fourth-order valence-electron chi connectivity index (χ4n) is 1.41. The maximum Gasteiger partial charge on any atom is 0.248 e. The van der Waals surface area contributed by atoms with E-state index in [4.69, 9.17) is 11.6 Å². The third-order valence-corrected chi connectivity index (χ3v) is 2.58. The van der Waals surface area contributed by atoms with E-state index in [2.05, 4.69) is 10.4 Å². The highest BCUT2D eigenvalue weighted by atomic mass is 35.5. The van der Waals surface area contributed by atoms with Gasteiger partial charge in [-0.25, -0.2) is 0 Å². The summed E-state index contributed by atoms with van der Waals surface area (Å²) >= 11 is 5.75. The molecule has 0 aliphatic carbocycles. The van der Waals surface area contributed by atoms with Gasteiger partial charge in [0.2, 0.25) is 5.91 Å². The number of anilines is 1. The Balaban J connectivity index is 2.06. The van der Waals surface area contributed by atoms with Crippen LogP contribution in [0.15, 0.2) is 42.7 Å². The summed E-state index contributed by atoms with van der Waals surface area (Å²) in [7, 11) is 0. The van der Waals surface area contributed by atoms with Crippen LogP contribution in [-0.2, 0) is 4.79 Å². The zero-order valence-electron chi connectivity index (χ0n) is 9.30. The summed E-state index contributed by atoms with van der Waals surface area (Å²) in [5, 5.41) is 7.33. The minimum absolute atomic E-state index is 0.129. The molecule has 4 nitrogen and oxygen atoms in total. The molecule has 5 heteroatoms. The molecule has 0 aliphatic rings. The lowest BCUT2D eigenvalue weighted by molar-refractivity contribution is -0.119. The normalized spacial score (nSPS) is 12.1. The van der Waals surface area contributed by atoms with E-state index in [1.54, 1.807) is 13.1 Å². The van der Waals surface area contributed by atoms with Crippen molar-refractivity contribution in [1.29, 1.82) is 0 Å². The molecular formula is C12H12ClN3O. The minimum atomic E-state index is -0.400. The van der Waals surface area contributed by atoms with Crippen LogP contribution in [0.3, 0.4) is 0 Å². The number of hydrogen-bond acceptors (Lipinski definition) is 2. The third-order valence-electron chi connectivity index (χ3n) is 2.39. The van der Waals surface area contributed by atoms with Crippen molar-refractivity contribution in [3.63, 3.8) is 0 Å². The van der Waals surface area contributed by atoms with Crippen LogP contribution in [0.4, 0.5) is 5.69 Å².